The van der Waals surface area contributed by atoms with E-state index >= 15 is 0 Å². The Kier molecular flexibility index (Phi) is 5.12. The summed E-state index contributed by atoms with van der Waals surface area (Å²) in [5.74, 6) is 1.60. The molecule has 0 aliphatic heterocycles. The van der Waals surface area contributed by atoms with Crippen LogP contribution in [-0.4, -0.2) is 16.6 Å². The van der Waals surface area contributed by atoms with Crippen LogP contribution in [0.15, 0.2) is 10.5 Å². The average Bonchev–Trinajstić information content (AvgIpc) is 2.98. The lowest BCUT2D eigenvalue weighted by molar-refractivity contribution is 0.0955. The summed E-state index contributed by atoms with van der Waals surface area (Å²) in [6, 6.07) is 2.09. The lowest BCUT2D eigenvalue weighted by Crippen LogP contribution is -2.21. The Morgan fingerprint density at radius 3 is 2.58 bits per heavy atom. The van der Waals surface area contributed by atoms with Gasteiger partial charge in [0.25, 0.3) is 0 Å². The van der Waals surface area contributed by atoms with Crippen LogP contribution in [0.1, 0.15) is 93.8 Å². The lowest BCUT2D eigenvalue weighted by Gasteiger charge is -2.25. The number of hydrogen-bond acceptors (Lipinski definition) is 4. The van der Waals surface area contributed by atoms with E-state index in [1.165, 1.54) is 0 Å². The van der Waals surface area contributed by atoms with Crippen molar-refractivity contribution in [3.63, 3.8) is 0 Å². The fourth-order valence-electron chi connectivity index (χ4n) is 4.34. The van der Waals surface area contributed by atoms with Crippen molar-refractivity contribution in [3.8, 4) is 0 Å². The highest BCUT2D eigenvalue weighted by molar-refractivity contribution is 6.00. The minimum absolute atomic E-state index is 0.0421. The first-order valence-electron chi connectivity index (χ1n) is 9.52. The third-order valence-electron chi connectivity index (χ3n) is 5.37. The second-order valence-corrected chi connectivity index (χ2v) is 7.36. The Balaban J connectivity index is 2.05. The van der Waals surface area contributed by atoms with E-state index in [0.717, 1.165) is 34.2 Å². The lowest BCUT2D eigenvalue weighted by atomic mass is 9.78. The molecule has 0 radical (unpaired) electrons. The maximum atomic E-state index is 12.6. The quantitative estimate of drug-likeness (QED) is 0.705. The zero-order valence-corrected chi connectivity index (χ0v) is 16.4. The molecule has 26 heavy (non-hydrogen) atoms. The van der Waals surface area contributed by atoms with Crippen LogP contribution in [0.2, 0.25) is 0 Å². The Morgan fingerprint density at radius 2 is 1.92 bits per heavy atom. The zero-order valence-electron chi connectivity index (χ0n) is 16.4. The van der Waals surface area contributed by atoms with Crippen molar-refractivity contribution in [1.82, 2.24) is 4.98 Å². The Hall–Kier alpha value is -2.23. The summed E-state index contributed by atoms with van der Waals surface area (Å²) in [6.07, 6.45) is 3.17. The number of carbonyl (C=O) groups is 2. The maximum absolute atomic E-state index is 12.6. The summed E-state index contributed by atoms with van der Waals surface area (Å²) < 4.78 is 5.80. The number of benzene rings is 1. The first-order valence-corrected chi connectivity index (χ1v) is 9.52. The Bertz CT molecular complexity index is 876. The van der Waals surface area contributed by atoms with Crippen LogP contribution in [0.3, 0.4) is 0 Å². The van der Waals surface area contributed by atoms with Crippen LogP contribution in [-0.2, 0) is 12.8 Å². The van der Waals surface area contributed by atoms with Gasteiger partial charge in [0.2, 0.25) is 0 Å². The molecule has 3 rings (SSSR count). The molecule has 0 bridgehead atoms. The van der Waals surface area contributed by atoms with E-state index in [-0.39, 0.29) is 17.5 Å². The van der Waals surface area contributed by atoms with Crippen molar-refractivity contribution in [2.24, 2.45) is 0 Å². The normalized spacial score (nSPS) is 16.7. The van der Waals surface area contributed by atoms with Gasteiger partial charge in [-0.25, -0.2) is 4.98 Å². The number of oxazole rings is 1. The van der Waals surface area contributed by atoms with Crippen molar-refractivity contribution in [1.29, 1.82) is 0 Å². The van der Waals surface area contributed by atoms with Gasteiger partial charge in [0.15, 0.2) is 17.5 Å². The van der Waals surface area contributed by atoms with E-state index in [9.17, 15) is 9.59 Å². The molecule has 0 saturated carbocycles. The van der Waals surface area contributed by atoms with Gasteiger partial charge >= 0.3 is 0 Å². The monoisotopic (exact) mass is 353 g/mol. The number of ketones is 2. The third kappa shape index (κ3) is 3.13. The Labute approximate surface area is 155 Å². The molecule has 4 nitrogen and oxygen atoms in total. The first kappa shape index (κ1) is 18.6. The molecule has 1 aliphatic rings. The van der Waals surface area contributed by atoms with Crippen LogP contribution >= 0.6 is 0 Å². The molecular formula is C22H27NO3. The van der Waals surface area contributed by atoms with Crippen molar-refractivity contribution < 1.29 is 14.0 Å². The summed E-state index contributed by atoms with van der Waals surface area (Å²) in [6.45, 7) is 10.1. The van der Waals surface area contributed by atoms with Gasteiger partial charge in [-0.05, 0) is 55.4 Å². The maximum Gasteiger partial charge on any atom is 0.194 e. The van der Waals surface area contributed by atoms with Crippen LogP contribution in [0.5, 0.6) is 0 Å². The molecule has 4 heteroatoms. The number of aryl methyl sites for hydroxylation is 3. The molecule has 0 amide bonds. The molecule has 1 heterocycles. The minimum atomic E-state index is 0.0421. The van der Waals surface area contributed by atoms with Crippen molar-refractivity contribution >= 4 is 11.6 Å². The molecule has 0 spiro atoms. The molecule has 1 unspecified atom stereocenters. The molecule has 1 aliphatic carbocycles. The third-order valence-corrected chi connectivity index (χ3v) is 5.37. The van der Waals surface area contributed by atoms with Crippen molar-refractivity contribution in [2.45, 2.75) is 72.6 Å². The van der Waals surface area contributed by atoms with Gasteiger partial charge in [0.05, 0.1) is 0 Å². The summed E-state index contributed by atoms with van der Waals surface area (Å²) in [5, 5.41) is 0. The molecule has 0 N–H and O–H groups in total. The molecule has 0 saturated heterocycles. The second-order valence-electron chi connectivity index (χ2n) is 7.36. The molecule has 1 aromatic carbocycles. The van der Waals surface area contributed by atoms with Gasteiger partial charge in [-0.2, -0.15) is 0 Å². The zero-order chi connectivity index (χ0) is 19.0. The summed E-state index contributed by atoms with van der Waals surface area (Å²) >= 11 is 0. The summed E-state index contributed by atoms with van der Waals surface area (Å²) in [5.41, 5.74) is 5.66. The van der Waals surface area contributed by atoms with Gasteiger partial charge in [-0.3, -0.25) is 9.59 Å². The van der Waals surface area contributed by atoms with E-state index in [0.29, 0.717) is 43.0 Å². The van der Waals surface area contributed by atoms with Crippen LogP contribution in [0, 0.1) is 20.8 Å². The van der Waals surface area contributed by atoms with Crippen LogP contribution in [0.25, 0.3) is 0 Å². The van der Waals surface area contributed by atoms with E-state index in [2.05, 4.69) is 18.0 Å². The van der Waals surface area contributed by atoms with Crippen molar-refractivity contribution in [3.05, 3.63) is 51.2 Å². The molecule has 2 aromatic rings. The largest absolute Gasteiger partial charge is 0.445 e. The number of carbonyl (C=O) groups excluding carboxylic acids is 2. The Morgan fingerprint density at radius 1 is 1.19 bits per heavy atom. The highest BCUT2D eigenvalue weighted by atomic mass is 16.4. The fraction of sp³-hybridized carbons (Fsp3) is 0.500. The molecule has 138 valence electrons. The number of Topliss-reactive ketones (excluding diaryl/α,β-unsaturated/α-hetero) is 2. The van der Waals surface area contributed by atoms with E-state index < -0.39 is 0 Å². The van der Waals surface area contributed by atoms with Gasteiger partial charge in [-0.15, -0.1) is 0 Å². The van der Waals surface area contributed by atoms with Crippen LogP contribution in [0.4, 0.5) is 0 Å². The summed E-state index contributed by atoms with van der Waals surface area (Å²) in [7, 11) is 0. The topological polar surface area (TPSA) is 60.2 Å². The SMILES string of the molecule is CCCC(=O)c1c(C)cc(C)c(C2CC(=O)c3nc(CC)oc3C2)c1C. The first-order chi connectivity index (χ1) is 12.4. The molecule has 0 fully saturated rings. The van der Waals surface area contributed by atoms with Gasteiger partial charge < -0.3 is 4.42 Å². The number of hydrogen-bond donors (Lipinski definition) is 0. The predicted molar refractivity (Wildman–Crippen MR) is 101 cm³/mol. The van der Waals surface area contributed by atoms with Gasteiger partial charge in [-0.1, -0.05) is 19.9 Å². The fourth-order valence-corrected chi connectivity index (χ4v) is 4.34. The highest BCUT2D eigenvalue weighted by Crippen LogP contribution is 2.38. The number of fused-ring (bicyclic) bond motifs is 1. The smallest absolute Gasteiger partial charge is 0.194 e. The van der Waals surface area contributed by atoms with Crippen LogP contribution < -0.4 is 0 Å². The molecular weight excluding hydrogens is 326 g/mol. The van der Waals surface area contributed by atoms with Gasteiger partial charge in [0.1, 0.15) is 11.5 Å². The van der Waals surface area contributed by atoms with E-state index in [1.54, 1.807) is 0 Å². The number of rotatable bonds is 5. The average molecular weight is 353 g/mol. The molecule has 1 atom stereocenters. The second kappa shape index (κ2) is 7.18. The summed E-state index contributed by atoms with van der Waals surface area (Å²) in [4.78, 5) is 29.6. The van der Waals surface area contributed by atoms with Gasteiger partial charge in [0, 0.05) is 31.2 Å². The van der Waals surface area contributed by atoms with E-state index in [1.807, 2.05) is 27.7 Å². The number of nitrogens with zero attached hydrogens (tertiary/aromatic N) is 1. The molecule has 1 aromatic heterocycles. The highest BCUT2D eigenvalue weighted by Gasteiger charge is 2.33. The minimum Gasteiger partial charge on any atom is -0.445 e. The predicted octanol–water partition coefficient (Wildman–Crippen LogP) is 5.06. The number of aromatic nitrogens is 1. The van der Waals surface area contributed by atoms with E-state index in [4.69, 9.17) is 4.42 Å². The standard InChI is InChI=1S/C22H27NO3/c1-6-8-16(24)21-13(4)9-12(3)20(14(21)5)15-10-17(25)22-18(11-15)26-19(7-2)23-22/h9,15H,6-8,10-11H2,1-5H3. The van der Waals surface area contributed by atoms with Crippen molar-refractivity contribution in [2.75, 3.05) is 0 Å².